The molecule has 0 saturated carbocycles. The number of nitrogens with zero attached hydrogens (tertiary/aromatic N) is 4. The lowest BCUT2D eigenvalue weighted by molar-refractivity contribution is -0.130. The van der Waals surface area contributed by atoms with Crippen molar-refractivity contribution in [2.75, 3.05) is 19.7 Å². The number of benzene rings is 1. The number of hydrogen-bond acceptors (Lipinski definition) is 6. The SMILES string of the molecule is CC(=O)N1CCC(n2c([C@@H]3CCOC(=O)N3)nc3cc(-c4c(C)noc4C)ccc32)CC1. The van der Waals surface area contributed by atoms with Gasteiger partial charge < -0.3 is 24.0 Å². The molecule has 2 aliphatic heterocycles. The maximum atomic E-state index is 11.9. The van der Waals surface area contributed by atoms with Crippen molar-refractivity contribution in [3.63, 3.8) is 0 Å². The van der Waals surface area contributed by atoms with E-state index in [1.165, 1.54) is 0 Å². The van der Waals surface area contributed by atoms with Crippen LogP contribution in [-0.2, 0) is 9.53 Å². The average molecular weight is 438 g/mol. The first kappa shape index (κ1) is 20.5. The third-order valence-corrected chi connectivity index (χ3v) is 6.56. The van der Waals surface area contributed by atoms with Crippen LogP contribution in [-0.4, -0.2) is 51.3 Å². The van der Waals surface area contributed by atoms with E-state index in [1.807, 2.05) is 18.7 Å². The van der Waals surface area contributed by atoms with Crippen LogP contribution in [0.1, 0.15) is 55.5 Å². The van der Waals surface area contributed by atoms with Gasteiger partial charge in [0.1, 0.15) is 11.6 Å². The summed E-state index contributed by atoms with van der Waals surface area (Å²) in [7, 11) is 0. The van der Waals surface area contributed by atoms with Crippen molar-refractivity contribution in [2.24, 2.45) is 0 Å². The molecule has 2 fully saturated rings. The lowest BCUT2D eigenvalue weighted by Gasteiger charge is -2.34. The third-order valence-electron chi connectivity index (χ3n) is 6.56. The zero-order valence-electron chi connectivity index (χ0n) is 18.6. The molecule has 3 aromatic rings. The molecule has 9 nitrogen and oxygen atoms in total. The van der Waals surface area contributed by atoms with E-state index in [4.69, 9.17) is 14.2 Å². The standard InChI is InChI=1S/C23H27N5O4/c1-13-21(14(2)32-26-13)16-4-5-20-19(12-16)24-22(18-8-11-31-23(30)25-18)28(20)17-6-9-27(10-7-17)15(3)29/h4-5,12,17-18H,6-11H2,1-3H3,(H,25,30)/t18-/m0/s1. The normalized spacial score (nSPS) is 19.8. The minimum Gasteiger partial charge on any atom is -0.449 e. The number of likely N-dealkylation sites (tertiary alicyclic amines) is 1. The van der Waals surface area contributed by atoms with E-state index in [1.54, 1.807) is 6.92 Å². The van der Waals surface area contributed by atoms with E-state index in [9.17, 15) is 9.59 Å². The minimum atomic E-state index is -0.414. The van der Waals surface area contributed by atoms with Crippen LogP contribution in [0.15, 0.2) is 22.7 Å². The van der Waals surface area contributed by atoms with E-state index >= 15 is 0 Å². The van der Waals surface area contributed by atoms with Crippen molar-refractivity contribution in [2.45, 2.75) is 52.1 Å². The van der Waals surface area contributed by atoms with Crippen LogP contribution >= 0.6 is 0 Å². The second-order valence-corrected chi connectivity index (χ2v) is 8.60. The first-order valence-electron chi connectivity index (χ1n) is 11.1. The molecule has 0 spiro atoms. The summed E-state index contributed by atoms with van der Waals surface area (Å²) < 4.78 is 12.7. The van der Waals surface area contributed by atoms with E-state index in [0.717, 1.165) is 65.4 Å². The first-order chi connectivity index (χ1) is 15.4. The number of aromatic nitrogens is 3. The average Bonchev–Trinajstić information content (AvgIpc) is 3.33. The first-order valence-corrected chi connectivity index (χ1v) is 11.1. The summed E-state index contributed by atoms with van der Waals surface area (Å²) in [6, 6.07) is 6.22. The van der Waals surface area contributed by atoms with Gasteiger partial charge in [-0.15, -0.1) is 0 Å². The Hall–Kier alpha value is -3.36. The Bertz CT molecular complexity index is 1170. The van der Waals surface area contributed by atoms with E-state index in [2.05, 4.69) is 33.2 Å². The van der Waals surface area contributed by atoms with Crippen LogP contribution in [0.4, 0.5) is 4.79 Å². The lowest BCUT2D eigenvalue weighted by atomic mass is 10.0. The molecule has 1 N–H and O–H groups in total. The Morgan fingerprint density at radius 2 is 1.97 bits per heavy atom. The zero-order valence-corrected chi connectivity index (χ0v) is 18.6. The van der Waals surface area contributed by atoms with Gasteiger partial charge >= 0.3 is 6.09 Å². The molecule has 168 valence electrons. The number of fused-ring (bicyclic) bond motifs is 1. The van der Waals surface area contributed by atoms with Gasteiger partial charge in [0.2, 0.25) is 5.91 Å². The number of aryl methyl sites for hydroxylation is 2. The maximum absolute atomic E-state index is 11.9. The van der Waals surface area contributed by atoms with E-state index in [0.29, 0.717) is 13.0 Å². The number of imidazole rings is 1. The monoisotopic (exact) mass is 437 g/mol. The van der Waals surface area contributed by atoms with Crippen LogP contribution in [0.2, 0.25) is 0 Å². The van der Waals surface area contributed by atoms with Crippen molar-refractivity contribution >= 4 is 23.0 Å². The maximum Gasteiger partial charge on any atom is 0.407 e. The number of amides is 2. The molecule has 32 heavy (non-hydrogen) atoms. The van der Waals surface area contributed by atoms with Crippen LogP contribution in [0.3, 0.4) is 0 Å². The largest absolute Gasteiger partial charge is 0.449 e. The molecule has 4 heterocycles. The molecule has 0 radical (unpaired) electrons. The Morgan fingerprint density at radius 1 is 1.19 bits per heavy atom. The summed E-state index contributed by atoms with van der Waals surface area (Å²) >= 11 is 0. The van der Waals surface area contributed by atoms with Crippen molar-refractivity contribution in [1.29, 1.82) is 0 Å². The van der Waals surface area contributed by atoms with Crippen LogP contribution < -0.4 is 5.32 Å². The van der Waals surface area contributed by atoms with Gasteiger partial charge in [0.05, 0.1) is 29.4 Å². The lowest BCUT2D eigenvalue weighted by Crippen LogP contribution is -2.40. The van der Waals surface area contributed by atoms with Crippen molar-refractivity contribution in [1.82, 2.24) is 24.9 Å². The molecule has 2 saturated heterocycles. The summed E-state index contributed by atoms with van der Waals surface area (Å²) in [6.45, 7) is 7.26. The molecule has 1 atom stereocenters. The molecule has 2 aromatic heterocycles. The number of hydrogen-bond donors (Lipinski definition) is 1. The molecule has 2 amide bonds. The molecule has 9 heteroatoms. The molecule has 0 bridgehead atoms. The van der Waals surface area contributed by atoms with Gasteiger partial charge in [-0.2, -0.15) is 0 Å². The van der Waals surface area contributed by atoms with Gasteiger partial charge in [0.25, 0.3) is 0 Å². The molecule has 2 aliphatic rings. The highest BCUT2D eigenvalue weighted by atomic mass is 16.5. The molecule has 0 unspecified atom stereocenters. The van der Waals surface area contributed by atoms with Crippen molar-refractivity contribution in [3.05, 3.63) is 35.5 Å². The molecule has 5 rings (SSSR count). The second kappa shape index (κ2) is 7.96. The number of carbonyl (C=O) groups excluding carboxylic acids is 2. The van der Waals surface area contributed by atoms with Crippen molar-refractivity contribution in [3.8, 4) is 11.1 Å². The quantitative estimate of drug-likeness (QED) is 0.671. The number of ether oxygens (including phenoxy) is 1. The number of alkyl carbamates (subject to hydrolysis) is 1. The minimum absolute atomic E-state index is 0.111. The Morgan fingerprint density at radius 3 is 2.62 bits per heavy atom. The number of piperidine rings is 1. The molecular weight excluding hydrogens is 410 g/mol. The highest BCUT2D eigenvalue weighted by molar-refractivity contribution is 5.84. The number of carbonyl (C=O) groups is 2. The van der Waals surface area contributed by atoms with Gasteiger partial charge in [-0.1, -0.05) is 11.2 Å². The fourth-order valence-electron chi connectivity index (χ4n) is 4.96. The summed E-state index contributed by atoms with van der Waals surface area (Å²) in [5.74, 6) is 1.73. The number of nitrogens with one attached hydrogen (secondary N) is 1. The molecule has 1 aromatic carbocycles. The van der Waals surface area contributed by atoms with Crippen molar-refractivity contribution < 1.29 is 18.8 Å². The zero-order chi connectivity index (χ0) is 22.4. The van der Waals surface area contributed by atoms with Gasteiger partial charge in [-0.05, 0) is 44.4 Å². The predicted octanol–water partition coefficient (Wildman–Crippen LogP) is 3.66. The van der Waals surface area contributed by atoms with E-state index < -0.39 is 6.09 Å². The summed E-state index contributed by atoms with van der Waals surface area (Å²) in [5.41, 5.74) is 4.73. The Balaban J connectivity index is 1.59. The van der Waals surface area contributed by atoms with Crippen LogP contribution in [0.25, 0.3) is 22.2 Å². The van der Waals surface area contributed by atoms with Crippen LogP contribution in [0, 0.1) is 13.8 Å². The van der Waals surface area contributed by atoms with Gasteiger partial charge in [0, 0.05) is 38.0 Å². The summed E-state index contributed by atoms with van der Waals surface area (Å²) in [4.78, 5) is 30.6. The Labute approximate surface area is 185 Å². The van der Waals surface area contributed by atoms with Gasteiger partial charge in [0.15, 0.2) is 0 Å². The summed E-state index contributed by atoms with van der Waals surface area (Å²) in [6.07, 6.45) is 1.95. The topological polar surface area (TPSA) is 102 Å². The smallest absolute Gasteiger partial charge is 0.407 e. The van der Waals surface area contributed by atoms with E-state index in [-0.39, 0.29) is 18.0 Å². The highest BCUT2D eigenvalue weighted by Gasteiger charge is 2.31. The molecular formula is C23H27N5O4. The van der Waals surface area contributed by atoms with Gasteiger partial charge in [-0.25, -0.2) is 9.78 Å². The number of rotatable bonds is 3. The molecule has 0 aliphatic carbocycles. The fourth-order valence-corrected chi connectivity index (χ4v) is 4.96. The van der Waals surface area contributed by atoms with Crippen LogP contribution in [0.5, 0.6) is 0 Å². The highest BCUT2D eigenvalue weighted by Crippen LogP contribution is 2.35. The third kappa shape index (κ3) is 3.51. The Kier molecular flexibility index (Phi) is 5.11. The fraction of sp³-hybridized carbons (Fsp3) is 0.478. The summed E-state index contributed by atoms with van der Waals surface area (Å²) in [5, 5.41) is 7.00. The number of cyclic esters (lactones) is 1. The predicted molar refractivity (Wildman–Crippen MR) is 117 cm³/mol. The van der Waals surface area contributed by atoms with Gasteiger partial charge in [-0.3, -0.25) is 4.79 Å². The second-order valence-electron chi connectivity index (χ2n) is 8.60.